The maximum absolute atomic E-state index is 13.7. The van der Waals surface area contributed by atoms with Crippen LogP contribution in [-0.4, -0.2) is 72.5 Å². The first-order chi connectivity index (χ1) is 18.6. The molecule has 0 radical (unpaired) electrons. The van der Waals surface area contributed by atoms with Crippen LogP contribution in [0.2, 0.25) is 0 Å². The fourth-order valence-corrected chi connectivity index (χ4v) is 6.02. The van der Waals surface area contributed by atoms with Crippen LogP contribution in [0, 0.1) is 0 Å². The third-order valence-electron chi connectivity index (χ3n) is 7.65. The second-order valence-electron chi connectivity index (χ2n) is 10.4. The maximum atomic E-state index is 13.7. The summed E-state index contributed by atoms with van der Waals surface area (Å²) in [6, 6.07) is 10.8. The largest absolute Gasteiger partial charge is 0.573 e. The van der Waals surface area contributed by atoms with Crippen molar-refractivity contribution >= 4 is 16.6 Å². The maximum Gasteiger partial charge on any atom is 0.573 e. The number of likely N-dealkylation sites (tertiary alicyclic amines) is 1. The first-order valence-electron chi connectivity index (χ1n) is 13.2. The van der Waals surface area contributed by atoms with Gasteiger partial charge in [-0.25, -0.2) is 8.78 Å². The average Bonchev–Trinajstić information content (AvgIpc) is 3.47. The topological polar surface area (TPSA) is 43.5 Å². The lowest BCUT2D eigenvalue weighted by Crippen LogP contribution is -2.45. The number of hydrogen-bond donors (Lipinski definition) is 2. The quantitative estimate of drug-likeness (QED) is 0.296. The van der Waals surface area contributed by atoms with Crippen molar-refractivity contribution in [2.45, 2.75) is 57.1 Å². The molecule has 2 aromatic carbocycles. The van der Waals surface area contributed by atoms with Gasteiger partial charge in [0.05, 0.1) is 19.3 Å². The summed E-state index contributed by atoms with van der Waals surface area (Å²) >= 11 is 0. The van der Waals surface area contributed by atoms with Crippen LogP contribution in [0.25, 0.3) is 10.9 Å². The van der Waals surface area contributed by atoms with Crippen molar-refractivity contribution in [3.05, 3.63) is 59.3 Å². The number of anilines is 1. The van der Waals surface area contributed by atoms with E-state index in [4.69, 9.17) is 0 Å². The SMILES string of the molecule is C[C@@H]1Cc2c([nH]c3ccccc23)[C@@H](c2ccc(N[C@@H]3CCN(CCCF)C3)cc2OC(F)(F)F)N1CC(F)F. The van der Waals surface area contributed by atoms with Gasteiger partial charge in [0.1, 0.15) is 5.75 Å². The van der Waals surface area contributed by atoms with Gasteiger partial charge in [0, 0.05) is 65.6 Å². The summed E-state index contributed by atoms with van der Waals surface area (Å²) in [6.45, 7) is 2.88. The minimum Gasteiger partial charge on any atom is -0.405 e. The Morgan fingerprint density at radius 2 is 1.95 bits per heavy atom. The standard InChI is InChI=1S/C28H32F6N4O/c1-17-13-22-20-5-2-3-6-23(20)36-26(22)27(38(17)16-25(30)31)21-8-7-18(14-24(21)39-28(32,33)34)35-19-9-12-37(15-19)11-4-10-29/h2-3,5-8,14,17,19,25,27,35-36H,4,9-13,15-16H2,1H3/t17-,19-,27-/m1/s1. The molecule has 0 aliphatic carbocycles. The minimum absolute atomic E-state index is 0.0143. The summed E-state index contributed by atoms with van der Waals surface area (Å²) in [5.74, 6) is -0.428. The number of aromatic amines is 1. The molecule has 11 heteroatoms. The van der Waals surface area contributed by atoms with E-state index < -0.39 is 37.8 Å². The molecule has 0 saturated carbocycles. The van der Waals surface area contributed by atoms with E-state index in [0.717, 1.165) is 29.4 Å². The molecule has 1 saturated heterocycles. The van der Waals surface area contributed by atoms with Gasteiger partial charge in [-0.2, -0.15) is 0 Å². The van der Waals surface area contributed by atoms with E-state index >= 15 is 0 Å². The summed E-state index contributed by atoms with van der Waals surface area (Å²) in [4.78, 5) is 6.96. The second kappa shape index (κ2) is 11.3. The molecule has 0 bridgehead atoms. The third kappa shape index (κ3) is 6.14. The number of H-pyrrole nitrogens is 1. The van der Waals surface area contributed by atoms with E-state index in [0.29, 0.717) is 37.3 Å². The number of benzene rings is 2. The molecule has 0 spiro atoms. The van der Waals surface area contributed by atoms with Crippen LogP contribution in [0.15, 0.2) is 42.5 Å². The molecule has 1 fully saturated rings. The van der Waals surface area contributed by atoms with E-state index in [1.54, 1.807) is 11.0 Å². The van der Waals surface area contributed by atoms with Crippen molar-refractivity contribution in [2.75, 3.05) is 38.2 Å². The zero-order valence-corrected chi connectivity index (χ0v) is 21.6. The van der Waals surface area contributed by atoms with Gasteiger partial charge in [0.15, 0.2) is 0 Å². The van der Waals surface area contributed by atoms with Crippen LogP contribution in [0.1, 0.15) is 42.6 Å². The number of hydrogen-bond acceptors (Lipinski definition) is 4. The third-order valence-corrected chi connectivity index (χ3v) is 7.65. The predicted octanol–water partition coefficient (Wildman–Crippen LogP) is 6.51. The lowest BCUT2D eigenvalue weighted by atomic mass is 9.88. The van der Waals surface area contributed by atoms with Crippen LogP contribution >= 0.6 is 0 Å². The van der Waals surface area contributed by atoms with Crippen LogP contribution in [-0.2, 0) is 6.42 Å². The summed E-state index contributed by atoms with van der Waals surface area (Å²) in [5.41, 5.74) is 2.91. The highest BCUT2D eigenvalue weighted by Gasteiger charge is 2.40. The molecular formula is C28H32F6N4O. The van der Waals surface area contributed by atoms with Crippen molar-refractivity contribution in [2.24, 2.45) is 0 Å². The Morgan fingerprint density at radius 1 is 1.15 bits per heavy atom. The monoisotopic (exact) mass is 554 g/mol. The lowest BCUT2D eigenvalue weighted by molar-refractivity contribution is -0.275. The molecule has 3 aromatic rings. The van der Waals surface area contributed by atoms with Gasteiger partial charge < -0.3 is 19.9 Å². The van der Waals surface area contributed by atoms with Gasteiger partial charge >= 0.3 is 6.36 Å². The van der Waals surface area contributed by atoms with E-state index in [9.17, 15) is 26.3 Å². The van der Waals surface area contributed by atoms with Crippen LogP contribution < -0.4 is 10.1 Å². The minimum atomic E-state index is -4.97. The molecule has 1 aromatic heterocycles. The highest BCUT2D eigenvalue weighted by atomic mass is 19.4. The van der Waals surface area contributed by atoms with E-state index in [1.807, 2.05) is 31.2 Å². The molecule has 39 heavy (non-hydrogen) atoms. The molecule has 3 heterocycles. The van der Waals surface area contributed by atoms with E-state index in [1.165, 1.54) is 12.1 Å². The Bertz CT molecular complexity index is 1280. The molecule has 2 aliphatic heterocycles. The number of nitrogens with zero attached hydrogens (tertiary/aromatic N) is 2. The van der Waals surface area contributed by atoms with Gasteiger partial charge in [0.25, 0.3) is 6.43 Å². The number of aromatic nitrogens is 1. The van der Waals surface area contributed by atoms with Gasteiger partial charge in [-0.1, -0.05) is 24.3 Å². The molecule has 2 aliphatic rings. The fraction of sp³-hybridized carbons (Fsp3) is 0.500. The Morgan fingerprint density at radius 3 is 2.69 bits per heavy atom. The number of alkyl halides is 6. The van der Waals surface area contributed by atoms with Gasteiger partial charge in [0.2, 0.25) is 0 Å². The van der Waals surface area contributed by atoms with Crippen molar-refractivity contribution in [3.8, 4) is 5.75 Å². The molecule has 212 valence electrons. The average molecular weight is 555 g/mol. The van der Waals surface area contributed by atoms with Gasteiger partial charge in [-0.3, -0.25) is 9.29 Å². The van der Waals surface area contributed by atoms with Crippen LogP contribution in [0.3, 0.4) is 0 Å². The second-order valence-corrected chi connectivity index (χ2v) is 10.4. The van der Waals surface area contributed by atoms with Gasteiger partial charge in [-0.05, 0) is 43.9 Å². The first-order valence-corrected chi connectivity index (χ1v) is 13.2. The van der Waals surface area contributed by atoms with Crippen LogP contribution in [0.4, 0.5) is 32.0 Å². The first kappa shape index (κ1) is 27.6. The fourth-order valence-electron chi connectivity index (χ4n) is 6.02. The molecule has 0 unspecified atom stereocenters. The summed E-state index contributed by atoms with van der Waals surface area (Å²) in [5, 5.41) is 4.20. The van der Waals surface area contributed by atoms with Gasteiger partial charge in [-0.15, -0.1) is 13.2 Å². The Balaban J connectivity index is 1.53. The number of rotatable bonds is 9. The molecule has 0 amide bonds. The van der Waals surface area contributed by atoms with E-state index in [-0.39, 0.29) is 17.6 Å². The Kier molecular flexibility index (Phi) is 8.00. The molecular weight excluding hydrogens is 522 g/mol. The van der Waals surface area contributed by atoms with Crippen LogP contribution in [0.5, 0.6) is 5.75 Å². The smallest absolute Gasteiger partial charge is 0.405 e. The number of para-hydroxylation sites is 1. The van der Waals surface area contributed by atoms with Crippen molar-refractivity contribution in [1.82, 2.24) is 14.8 Å². The Labute approximate surface area is 223 Å². The molecule has 5 nitrogen and oxygen atoms in total. The van der Waals surface area contributed by atoms with Crippen molar-refractivity contribution in [1.29, 1.82) is 0 Å². The summed E-state index contributed by atoms with van der Waals surface area (Å²) in [6.07, 6.45) is -5.95. The lowest BCUT2D eigenvalue weighted by Gasteiger charge is -2.41. The number of ether oxygens (including phenoxy) is 1. The zero-order valence-electron chi connectivity index (χ0n) is 21.6. The van der Waals surface area contributed by atoms with Crippen molar-refractivity contribution < 1.29 is 31.1 Å². The molecule has 3 atom stereocenters. The summed E-state index contributed by atoms with van der Waals surface area (Å²) in [7, 11) is 0. The van der Waals surface area contributed by atoms with E-state index in [2.05, 4.69) is 19.9 Å². The highest BCUT2D eigenvalue weighted by molar-refractivity contribution is 5.85. The summed E-state index contributed by atoms with van der Waals surface area (Å²) < 4.78 is 85.4. The highest BCUT2D eigenvalue weighted by Crippen LogP contribution is 2.45. The van der Waals surface area contributed by atoms with Crippen molar-refractivity contribution in [3.63, 3.8) is 0 Å². The molecule has 5 rings (SSSR count). The number of nitrogens with one attached hydrogen (secondary N) is 2. The number of fused-ring (bicyclic) bond motifs is 3. The normalized spacial score (nSPS) is 22.5. The zero-order chi connectivity index (χ0) is 27.7. The predicted molar refractivity (Wildman–Crippen MR) is 138 cm³/mol. The Hall–Kier alpha value is -2.92. The molecule has 2 N–H and O–H groups in total. The number of halogens is 6.